The molecule has 0 spiro atoms. The first-order valence-electron chi connectivity index (χ1n) is 10.1. The van der Waals surface area contributed by atoms with E-state index in [0.717, 1.165) is 39.6 Å². The van der Waals surface area contributed by atoms with E-state index in [1.165, 1.54) is 6.42 Å². The number of benzene rings is 1. The predicted octanol–water partition coefficient (Wildman–Crippen LogP) is 2.49. The molecule has 1 aromatic carbocycles. The van der Waals surface area contributed by atoms with Crippen molar-refractivity contribution in [2.45, 2.75) is 30.8 Å². The van der Waals surface area contributed by atoms with E-state index in [-0.39, 0.29) is 5.92 Å². The molecule has 8 heteroatoms. The number of nitrogens with one attached hydrogen (secondary N) is 1. The number of fused-ring (bicyclic) bond motifs is 3. The van der Waals surface area contributed by atoms with E-state index in [4.69, 9.17) is 11.5 Å². The molecule has 2 aromatic heterocycles. The number of hydrogen-bond acceptors (Lipinski definition) is 8. The van der Waals surface area contributed by atoms with Crippen molar-refractivity contribution in [2.24, 2.45) is 5.73 Å². The first-order chi connectivity index (χ1) is 14.7. The maximum atomic E-state index is 9.82. The number of piperidine rings is 1. The fourth-order valence-electron chi connectivity index (χ4n) is 4.53. The highest BCUT2D eigenvalue weighted by molar-refractivity contribution is 7.19. The van der Waals surface area contributed by atoms with Gasteiger partial charge in [-0.1, -0.05) is 12.1 Å². The van der Waals surface area contributed by atoms with Crippen molar-refractivity contribution < 1.29 is 0 Å². The van der Waals surface area contributed by atoms with Gasteiger partial charge in [0.05, 0.1) is 16.9 Å². The SMILES string of the molecule is N#Cc1cc(C(/C=C\N)Cc2sc3nccnc3c2N)ccc1N1CC2CC(C1)N2. The molecular formula is C22H23N7S. The van der Waals surface area contributed by atoms with Crippen molar-refractivity contribution in [1.82, 2.24) is 15.3 Å². The minimum atomic E-state index is 0.0166. The summed E-state index contributed by atoms with van der Waals surface area (Å²) in [5, 5.41) is 13.4. The lowest BCUT2D eigenvalue weighted by atomic mass is 9.89. The van der Waals surface area contributed by atoms with E-state index >= 15 is 0 Å². The zero-order valence-corrected chi connectivity index (χ0v) is 17.3. The largest absolute Gasteiger partial charge is 0.405 e. The zero-order chi connectivity index (χ0) is 20.7. The molecule has 6 rings (SSSR count). The smallest absolute Gasteiger partial charge is 0.144 e. The van der Waals surface area contributed by atoms with Crippen LogP contribution < -0.4 is 21.7 Å². The Hall–Kier alpha value is -3.15. The highest BCUT2D eigenvalue weighted by atomic mass is 32.1. The number of thiophene rings is 1. The predicted molar refractivity (Wildman–Crippen MR) is 120 cm³/mol. The molecule has 7 nitrogen and oxygen atoms in total. The second-order valence-corrected chi connectivity index (χ2v) is 9.02. The summed E-state index contributed by atoms with van der Waals surface area (Å²) in [6, 6.07) is 9.66. The van der Waals surface area contributed by atoms with E-state index in [9.17, 15) is 5.26 Å². The highest BCUT2D eigenvalue weighted by Crippen LogP contribution is 2.36. The van der Waals surface area contributed by atoms with Gasteiger partial charge in [0.25, 0.3) is 0 Å². The Balaban J connectivity index is 1.45. The standard InChI is InChI=1S/C22H23N7S/c23-4-3-14(8-19-20(25)21-22(30-19)27-6-5-26-21)13-1-2-18(15(7-13)10-24)29-11-16-9-17(12-29)28-16/h1-7,14,16-17,28H,8-9,11-12,23,25H2/b4-3-. The Labute approximate surface area is 179 Å². The molecule has 30 heavy (non-hydrogen) atoms. The van der Waals surface area contributed by atoms with Gasteiger partial charge in [0, 0.05) is 48.4 Å². The molecular weight excluding hydrogens is 394 g/mol. The number of nitrogen functional groups attached to an aromatic ring is 1. The van der Waals surface area contributed by atoms with E-state index in [1.54, 1.807) is 29.9 Å². The van der Waals surface area contributed by atoms with E-state index in [1.807, 2.05) is 12.1 Å². The topological polar surface area (TPSA) is 117 Å². The number of aromatic nitrogens is 2. The number of allylic oxidation sites excluding steroid dienone is 1. The van der Waals surface area contributed by atoms with Gasteiger partial charge < -0.3 is 21.7 Å². The summed E-state index contributed by atoms with van der Waals surface area (Å²) in [6.07, 6.45) is 8.78. The number of anilines is 2. The quantitative estimate of drug-likeness (QED) is 0.584. The van der Waals surface area contributed by atoms with Crippen molar-refractivity contribution in [3.8, 4) is 6.07 Å². The van der Waals surface area contributed by atoms with Gasteiger partial charge in [0.2, 0.25) is 0 Å². The summed E-state index contributed by atoms with van der Waals surface area (Å²) in [5.74, 6) is 0.0166. The van der Waals surface area contributed by atoms with Crippen LogP contribution >= 0.6 is 11.3 Å². The molecule has 0 radical (unpaired) electrons. The second kappa shape index (κ2) is 7.59. The first kappa shape index (κ1) is 18.9. The molecule has 5 N–H and O–H groups in total. The summed E-state index contributed by atoms with van der Waals surface area (Å²) in [6.45, 7) is 1.91. The monoisotopic (exact) mass is 417 g/mol. The molecule has 152 valence electrons. The maximum Gasteiger partial charge on any atom is 0.144 e. The molecule has 3 aromatic rings. The Morgan fingerprint density at radius 3 is 2.77 bits per heavy atom. The number of nitrogens with two attached hydrogens (primary N) is 2. The average molecular weight is 418 g/mol. The van der Waals surface area contributed by atoms with Crippen molar-refractivity contribution in [3.63, 3.8) is 0 Å². The van der Waals surface area contributed by atoms with Crippen LogP contribution in [0.25, 0.3) is 10.3 Å². The molecule has 2 bridgehead atoms. The number of nitriles is 1. The van der Waals surface area contributed by atoms with Crippen LogP contribution in [-0.4, -0.2) is 35.1 Å². The lowest BCUT2D eigenvalue weighted by Crippen LogP contribution is -2.67. The molecule has 0 aliphatic carbocycles. The fraction of sp³-hybridized carbons (Fsp3) is 0.318. The van der Waals surface area contributed by atoms with Gasteiger partial charge in [-0.25, -0.2) is 9.97 Å². The van der Waals surface area contributed by atoms with Crippen LogP contribution in [0, 0.1) is 11.3 Å². The van der Waals surface area contributed by atoms with E-state index < -0.39 is 0 Å². The van der Waals surface area contributed by atoms with Gasteiger partial charge in [0.1, 0.15) is 16.4 Å². The third-order valence-electron chi connectivity index (χ3n) is 6.02. The van der Waals surface area contributed by atoms with Gasteiger partial charge in [-0.05, 0) is 36.7 Å². The summed E-state index contributed by atoms with van der Waals surface area (Å²) in [7, 11) is 0. The van der Waals surface area contributed by atoms with Crippen molar-refractivity contribution in [1.29, 1.82) is 5.26 Å². The second-order valence-electron chi connectivity index (χ2n) is 7.93. The fourth-order valence-corrected chi connectivity index (χ4v) is 5.61. The number of piperazine rings is 1. The lowest BCUT2D eigenvalue weighted by molar-refractivity contribution is 0.226. The van der Waals surface area contributed by atoms with Crippen LogP contribution in [0.1, 0.15) is 28.3 Å². The summed E-state index contributed by atoms with van der Waals surface area (Å²) >= 11 is 1.56. The lowest BCUT2D eigenvalue weighted by Gasteiger charge is -2.49. The van der Waals surface area contributed by atoms with Gasteiger partial charge in [-0.15, -0.1) is 11.3 Å². The highest BCUT2D eigenvalue weighted by Gasteiger charge is 2.37. The number of nitrogens with zero attached hydrogens (tertiary/aromatic N) is 4. The van der Waals surface area contributed by atoms with Gasteiger partial charge in [0.15, 0.2) is 0 Å². The summed E-state index contributed by atoms with van der Waals surface area (Å²) < 4.78 is 0. The van der Waals surface area contributed by atoms with E-state index in [2.05, 4.69) is 38.4 Å². The van der Waals surface area contributed by atoms with Crippen LogP contribution in [-0.2, 0) is 6.42 Å². The number of rotatable bonds is 5. The third-order valence-corrected chi connectivity index (χ3v) is 7.15. The van der Waals surface area contributed by atoms with Crippen LogP contribution in [0.5, 0.6) is 0 Å². The Kier molecular flexibility index (Phi) is 4.77. The Morgan fingerprint density at radius 2 is 2.07 bits per heavy atom. The summed E-state index contributed by atoms with van der Waals surface area (Å²) in [5.41, 5.74) is 16.3. The Morgan fingerprint density at radius 1 is 1.30 bits per heavy atom. The van der Waals surface area contributed by atoms with Crippen LogP contribution in [0.2, 0.25) is 0 Å². The molecule has 0 saturated carbocycles. The van der Waals surface area contributed by atoms with E-state index in [0.29, 0.717) is 29.8 Å². The minimum absolute atomic E-state index is 0.0166. The van der Waals surface area contributed by atoms with Crippen LogP contribution in [0.15, 0.2) is 42.9 Å². The van der Waals surface area contributed by atoms with Gasteiger partial charge in [-0.3, -0.25) is 0 Å². The van der Waals surface area contributed by atoms with Gasteiger partial charge >= 0.3 is 0 Å². The van der Waals surface area contributed by atoms with Crippen molar-refractivity contribution in [2.75, 3.05) is 23.7 Å². The van der Waals surface area contributed by atoms with Crippen LogP contribution in [0.4, 0.5) is 11.4 Å². The van der Waals surface area contributed by atoms with Gasteiger partial charge in [-0.2, -0.15) is 5.26 Å². The van der Waals surface area contributed by atoms with Crippen molar-refractivity contribution >= 4 is 33.1 Å². The van der Waals surface area contributed by atoms with Crippen LogP contribution in [0.3, 0.4) is 0 Å². The minimum Gasteiger partial charge on any atom is -0.405 e. The maximum absolute atomic E-state index is 9.82. The molecule has 0 amide bonds. The molecule has 3 aliphatic heterocycles. The molecule has 3 fully saturated rings. The van der Waals surface area contributed by atoms with Crippen molar-refractivity contribution in [3.05, 3.63) is 58.9 Å². The summed E-state index contributed by atoms with van der Waals surface area (Å²) in [4.78, 5) is 12.9. The average Bonchev–Trinajstić information content (AvgIpc) is 3.08. The molecule has 5 heterocycles. The molecule has 3 atom stereocenters. The molecule has 3 aliphatic rings. The normalized spacial score (nSPS) is 21.5. The third kappa shape index (κ3) is 3.26. The first-order valence-corrected chi connectivity index (χ1v) is 10.9. The molecule has 3 saturated heterocycles. The zero-order valence-electron chi connectivity index (χ0n) is 16.5. The Bertz CT molecular complexity index is 1150. The number of hydrogen-bond donors (Lipinski definition) is 3. The molecule has 3 unspecified atom stereocenters.